The number of methoxy groups -OCH3 is 1. The minimum absolute atomic E-state index is 0.0355. The number of hydrogen-bond acceptors (Lipinski definition) is 5. The third-order valence-electron chi connectivity index (χ3n) is 3.98. The molecule has 4 amide bonds. The van der Waals surface area contributed by atoms with Crippen LogP contribution in [0.2, 0.25) is 0 Å². The Kier molecular flexibility index (Phi) is 4.88. The van der Waals surface area contributed by atoms with E-state index in [-0.39, 0.29) is 6.54 Å². The Bertz CT molecular complexity index is 847. The maximum absolute atomic E-state index is 12.7. The molecule has 0 bridgehead atoms. The molecule has 1 fully saturated rings. The zero-order valence-corrected chi connectivity index (χ0v) is 14.5. The highest BCUT2D eigenvalue weighted by Crippen LogP contribution is 2.27. The Hall–Kier alpha value is -3.35. The van der Waals surface area contributed by atoms with Gasteiger partial charge in [0.25, 0.3) is 0 Å². The summed E-state index contributed by atoms with van der Waals surface area (Å²) in [5.74, 6) is -0.584. The topological polar surface area (TPSA) is 76.2 Å². The number of amides is 4. The summed E-state index contributed by atoms with van der Waals surface area (Å²) in [6.45, 7) is 2.26. The van der Waals surface area contributed by atoms with Gasteiger partial charge in [-0.15, -0.1) is 0 Å². The summed E-state index contributed by atoms with van der Waals surface area (Å²) < 4.78 is 10.6. The quantitative estimate of drug-likeness (QED) is 0.589. The average Bonchev–Trinajstić information content (AvgIpc) is 2.87. The van der Waals surface area contributed by atoms with Crippen LogP contribution in [0, 0.1) is 0 Å². The number of imide groups is 2. The summed E-state index contributed by atoms with van der Waals surface area (Å²) >= 11 is 0. The molecule has 134 valence electrons. The highest BCUT2D eigenvalue weighted by Gasteiger charge is 2.45. The molecule has 0 saturated carbocycles. The number of carbonyl (C=O) groups is 3. The maximum atomic E-state index is 12.7. The molecule has 1 aliphatic heterocycles. The van der Waals surface area contributed by atoms with Gasteiger partial charge in [0.1, 0.15) is 11.5 Å². The maximum Gasteiger partial charge on any atom is 0.339 e. The van der Waals surface area contributed by atoms with Crippen LogP contribution in [0.4, 0.5) is 10.5 Å². The van der Waals surface area contributed by atoms with E-state index in [1.54, 1.807) is 48.5 Å². The fraction of sp³-hybridized carbons (Fsp3) is 0.211. The van der Waals surface area contributed by atoms with Crippen LogP contribution in [0.15, 0.2) is 48.5 Å². The number of hydrogen-bond donors (Lipinski definition) is 0. The Labute approximate surface area is 150 Å². The lowest BCUT2D eigenvalue weighted by Crippen LogP contribution is -2.33. The van der Waals surface area contributed by atoms with Crippen molar-refractivity contribution in [2.24, 2.45) is 0 Å². The number of rotatable bonds is 6. The molecular weight excluding hydrogens is 336 g/mol. The van der Waals surface area contributed by atoms with E-state index in [0.717, 1.165) is 9.80 Å². The first-order chi connectivity index (χ1) is 12.6. The second-order valence-electron chi connectivity index (χ2n) is 5.55. The van der Waals surface area contributed by atoms with Crippen molar-refractivity contribution >= 4 is 23.5 Å². The summed E-state index contributed by atoms with van der Waals surface area (Å²) in [5.41, 5.74) is 0.968. The molecule has 7 nitrogen and oxygen atoms in total. The van der Waals surface area contributed by atoms with Crippen LogP contribution in [0.3, 0.4) is 0 Å². The van der Waals surface area contributed by atoms with E-state index >= 15 is 0 Å². The molecule has 0 unspecified atom stereocenters. The lowest BCUT2D eigenvalue weighted by Gasteiger charge is -2.17. The Morgan fingerprint density at radius 1 is 0.923 bits per heavy atom. The van der Waals surface area contributed by atoms with Crippen molar-refractivity contribution in [3.63, 3.8) is 0 Å². The number of ether oxygens (including phenoxy) is 2. The van der Waals surface area contributed by atoms with Gasteiger partial charge in [-0.05, 0) is 37.3 Å². The SMILES string of the molecule is CCOc1ccccc1CN1C(=O)C(=O)N(c2ccc(OC)cc2)C1=O. The number of nitrogens with zero attached hydrogens (tertiary/aromatic N) is 2. The van der Waals surface area contributed by atoms with Crippen molar-refractivity contribution in [2.45, 2.75) is 13.5 Å². The molecule has 0 aliphatic carbocycles. The number of urea groups is 1. The van der Waals surface area contributed by atoms with Crippen LogP contribution in [0.25, 0.3) is 0 Å². The highest BCUT2D eigenvalue weighted by atomic mass is 16.5. The zero-order chi connectivity index (χ0) is 18.7. The molecule has 2 aromatic rings. The average molecular weight is 354 g/mol. The Balaban J connectivity index is 1.87. The van der Waals surface area contributed by atoms with Gasteiger partial charge in [0, 0.05) is 5.56 Å². The first kappa shape index (κ1) is 17.5. The third-order valence-corrected chi connectivity index (χ3v) is 3.98. The van der Waals surface area contributed by atoms with Gasteiger partial charge in [-0.2, -0.15) is 0 Å². The molecule has 0 aromatic heterocycles. The molecule has 3 rings (SSSR count). The fourth-order valence-corrected chi connectivity index (χ4v) is 2.71. The standard InChI is InChI=1S/C19H18N2O5/c1-3-26-16-7-5-4-6-13(16)12-20-17(22)18(23)21(19(20)24)14-8-10-15(25-2)11-9-14/h4-11H,3,12H2,1-2H3. The van der Waals surface area contributed by atoms with Crippen molar-refractivity contribution in [2.75, 3.05) is 18.6 Å². The van der Waals surface area contributed by atoms with Crippen LogP contribution in [0.5, 0.6) is 11.5 Å². The number of carbonyl (C=O) groups excluding carboxylic acids is 3. The lowest BCUT2D eigenvalue weighted by atomic mass is 10.2. The smallest absolute Gasteiger partial charge is 0.339 e. The van der Waals surface area contributed by atoms with E-state index in [1.807, 2.05) is 6.92 Å². The summed E-state index contributed by atoms with van der Waals surface area (Å²) in [5, 5.41) is 0. The van der Waals surface area contributed by atoms with Crippen LogP contribution in [-0.4, -0.2) is 36.5 Å². The normalized spacial score (nSPS) is 14.2. The Morgan fingerprint density at radius 3 is 2.27 bits per heavy atom. The zero-order valence-electron chi connectivity index (χ0n) is 14.5. The van der Waals surface area contributed by atoms with E-state index in [9.17, 15) is 14.4 Å². The first-order valence-electron chi connectivity index (χ1n) is 8.11. The monoisotopic (exact) mass is 354 g/mol. The molecule has 0 radical (unpaired) electrons. The van der Waals surface area contributed by atoms with Gasteiger partial charge in [-0.3, -0.25) is 14.5 Å². The van der Waals surface area contributed by atoms with Crippen LogP contribution in [0.1, 0.15) is 12.5 Å². The molecule has 1 heterocycles. The molecule has 1 saturated heterocycles. The van der Waals surface area contributed by atoms with Gasteiger partial charge in [0.05, 0.1) is 25.9 Å². The van der Waals surface area contributed by atoms with E-state index in [2.05, 4.69) is 0 Å². The van der Waals surface area contributed by atoms with E-state index in [4.69, 9.17) is 9.47 Å². The Morgan fingerprint density at radius 2 is 1.62 bits per heavy atom. The first-order valence-corrected chi connectivity index (χ1v) is 8.11. The molecule has 0 spiro atoms. The molecule has 26 heavy (non-hydrogen) atoms. The van der Waals surface area contributed by atoms with E-state index in [0.29, 0.717) is 29.4 Å². The predicted octanol–water partition coefficient (Wildman–Crippen LogP) is 2.59. The number of para-hydroxylation sites is 1. The van der Waals surface area contributed by atoms with Crippen LogP contribution < -0.4 is 14.4 Å². The van der Waals surface area contributed by atoms with Crippen molar-refractivity contribution < 1.29 is 23.9 Å². The molecular formula is C19H18N2O5. The van der Waals surface area contributed by atoms with Gasteiger partial charge in [-0.25, -0.2) is 9.69 Å². The van der Waals surface area contributed by atoms with Crippen LogP contribution >= 0.6 is 0 Å². The van der Waals surface area contributed by atoms with Gasteiger partial charge in [-0.1, -0.05) is 18.2 Å². The largest absolute Gasteiger partial charge is 0.497 e. The van der Waals surface area contributed by atoms with Gasteiger partial charge >= 0.3 is 17.8 Å². The summed E-state index contributed by atoms with van der Waals surface area (Å²) in [4.78, 5) is 39.2. The van der Waals surface area contributed by atoms with E-state index < -0.39 is 17.8 Å². The van der Waals surface area contributed by atoms with Gasteiger partial charge < -0.3 is 9.47 Å². The van der Waals surface area contributed by atoms with Crippen molar-refractivity contribution in [1.29, 1.82) is 0 Å². The second kappa shape index (κ2) is 7.26. The van der Waals surface area contributed by atoms with Crippen LogP contribution in [-0.2, 0) is 16.1 Å². The third kappa shape index (κ3) is 3.11. The molecule has 2 aromatic carbocycles. The van der Waals surface area contributed by atoms with E-state index in [1.165, 1.54) is 7.11 Å². The molecule has 1 aliphatic rings. The van der Waals surface area contributed by atoms with Crippen molar-refractivity contribution in [3.05, 3.63) is 54.1 Å². The van der Waals surface area contributed by atoms with Crippen molar-refractivity contribution in [3.8, 4) is 11.5 Å². The minimum atomic E-state index is -0.881. The summed E-state index contributed by atoms with van der Waals surface area (Å²) in [6, 6.07) is 12.8. The highest BCUT2D eigenvalue weighted by molar-refractivity contribution is 6.52. The minimum Gasteiger partial charge on any atom is -0.497 e. The van der Waals surface area contributed by atoms with Gasteiger partial charge in [0.15, 0.2) is 0 Å². The van der Waals surface area contributed by atoms with Gasteiger partial charge in [0.2, 0.25) is 0 Å². The number of benzene rings is 2. The lowest BCUT2D eigenvalue weighted by molar-refractivity contribution is -0.139. The predicted molar refractivity (Wildman–Crippen MR) is 94.0 cm³/mol. The molecule has 0 N–H and O–H groups in total. The molecule has 0 atom stereocenters. The van der Waals surface area contributed by atoms with Crippen molar-refractivity contribution in [1.82, 2.24) is 4.90 Å². The summed E-state index contributed by atoms with van der Waals surface area (Å²) in [6.07, 6.45) is 0. The number of anilines is 1. The fourth-order valence-electron chi connectivity index (χ4n) is 2.71. The second-order valence-corrected chi connectivity index (χ2v) is 5.55. The molecule has 7 heteroatoms. The summed E-state index contributed by atoms with van der Waals surface area (Å²) in [7, 11) is 1.52.